The van der Waals surface area contributed by atoms with E-state index in [4.69, 9.17) is 5.73 Å². The number of hydrogen-bond donors (Lipinski definition) is 2. The summed E-state index contributed by atoms with van der Waals surface area (Å²) in [5, 5.41) is 3.47. The summed E-state index contributed by atoms with van der Waals surface area (Å²) in [7, 11) is 0. The van der Waals surface area contributed by atoms with Crippen molar-refractivity contribution >= 4 is 21.6 Å². The zero-order valence-electron chi connectivity index (χ0n) is 8.59. The quantitative estimate of drug-likeness (QED) is 0.820. The zero-order valence-corrected chi connectivity index (χ0v) is 10.2. The lowest BCUT2D eigenvalue weighted by molar-refractivity contribution is 0.559. The molecule has 0 radical (unpaired) electrons. The van der Waals surface area contributed by atoms with E-state index in [1.807, 2.05) is 0 Å². The number of hydrogen-bond acceptors (Lipinski definition) is 2. The number of benzene rings is 1. The summed E-state index contributed by atoms with van der Waals surface area (Å²) in [5.74, 6) is 0.702. The van der Waals surface area contributed by atoms with E-state index < -0.39 is 0 Å². The summed E-state index contributed by atoms with van der Waals surface area (Å²) < 4.78 is 1.17. The highest BCUT2D eigenvalue weighted by Gasteiger charge is 2.55. The van der Waals surface area contributed by atoms with Crippen LogP contribution in [0.2, 0.25) is 0 Å². The maximum atomic E-state index is 5.80. The molecule has 80 valence electrons. The van der Waals surface area contributed by atoms with Gasteiger partial charge in [-0.1, -0.05) is 15.9 Å². The molecule has 0 aromatic heterocycles. The summed E-state index contributed by atoms with van der Waals surface area (Å²) in [6, 6.07) is 6.54. The predicted molar refractivity (Wildman–Crippen MR) is 66.1 cm³/mol. The van der Waals surface area contributed by atoms with Crippen LogP contribution in [0.4, 0.5) is 5.69 Å². The molecular weight excluding hydrogens is 252 g/mol. The van der Waals surface area contributed by atoms with E-state index in [1.54, 1.807) is 0 Å². The molecule has 1 heterocycles. The van der Waals surface area contributed by atoms with Crippen LogP contribution in [-0.2, 0) is 5.41 Å². The Labute approximate surface area is 98.4 Å². The van der Waals surface area contributed by atoms with Gasteiger partial charge in [-0.15, -0.1) is 0 Å². The second-order valence-corrected chi connectivity index (χ2v) is 5.58. The van der Waals surface area contributed by atoms with Crippen LogP contribution < -0.4 is 11.1 Å². The van der Waals surface area contributed by atoms with Gasteiger partial charge >= 0.3 is 0 Å². The molecule has 1 aliphatic carbocycles. The van der Waals surface area contributed by atoms with Crippen LogP contribution in [0.3, 0.4) is 0 Å². The molecule has 1 aromatic carbocycles. The van der Waals surface area contributed by atoms with Gasteiger partial charge in [0.25, 0.3) is 0 Å². The van der Waals surface area contributed by atoms with Gasteiger partial charge < -0.3 is 11.1 Å². The molecule has 15 heavy (non-hydrogen) atoms. The highest BCUT2D eigenvalue weighted by molar-refractivity contribution is 9.10. The van der Waals surface area contributed by atoms with Crippen LogP contribution in [-0.4, -0.2) is 13.1 Å². The van der Waals surface area contributed by atoms with E-state index in [1.165, 1.54) is 28.6 Å². The number of halogens is 1. The minimum absolute atomic E-state index is 0.402. The molecule has 0 bridgehead atoms. The Hall–Kier alpha value is -0.540. The summed E-state index contributed by atoms with van der Waals surface area (Å²) >= 11 is 3.55. The summed E-state index contributed by atoms with van der Waals surface area (Å²) in [5.41, 5.74) is 8.98. The van der Waals surface area contributed by atoms with Gasteiger partial charge in [0.15, 0.2) is 0 Å². The highest BCUT2D eigenvalue weighted by Crippen LogP contribution is 2.59. The third-order valence-electron chi connectivity index (χ3n) is 3.92. The molecule has 1 fully saturated rings. The van der Waals surface area contributed by atoms with E-state index in [2.05, 4.69) is 39.4 Å². The van der Waals surface area contributed by atoms with Crippen molar-refractivity contribution in [2.45, 2.75) is 18.3 Å². The monoisotopic (exact) mass is 266 g/mol. The Morgan fingerprint density at radius 1 is 1.53 bits per heavy atom. The Bertz CT molecular complexity index is 405. The SMILES string of the molecule is NCC1CC12CCNc1ccc(Br)cc12. The number of nitrogens with two attached hydrogens (primary N) is 1. The highest BCUT2D eigenvalue weighted by atomic mass is 79.9. The molecule has 0 saturated heterocycles. The largest absolute Gasteiger partial charge is 0.385 e. The topological polar surface area (TPSA) is 38.0 Å². The van der Waals surface area contributed by atoms with Crippen molar-refractivity contribution in [3.05, 3.63) is 28.2 Å². The first-order valence-electron chi connectivity index (χ1n) is 5.50. The average molecular weight is 267 g/mol. The number of rotatable bonds is 1. The van der Waals surface area contributed by atoms with Gasteiger partial charge in [-0.2, -0.15) is 0 Å². The molecular formula is C12H15BrN2. The fourth-order valence-electron chi connectivity index (χ4n) is 2.96. The summed E-state index contributed by atoms with van der Waals surface area (Å²) in [6.45, 7) is 1.91. The van der Waals surface area contributed by atoms with Crippen LogP contribution in [0.1, 0.15) is 18.4 Å². The van der Waals surface area contributed by atoms with Crippen molar-refractivity contribution in [2.75, 3.05) is 18.4 Å². The molecule has 2 nitrogen and oxygen atoms in total. The van der Waals surface area contributed by atoms with Crippen molar-refractivity contribution < 1.29 is 0 Å². The predicted octanol–water partition coefficient (Wildman–Crippen LogP) is 2.48. The maximum Gasteiger partial charge on any atom is 0.0379 e. The lowest BCUT2D eigenvalue weighted by Gasteiger charge is -2.28. The molecule has 3 heteroatoms. The van der Waals surface area contributed by atoms with Crippen LogP contribution in [0, 0.1) is 5.92 Å². The van der Waals surface area contributed by atoms with E-state index >= 15 is 0 Å². The first-order valence-corrected chi connectivity index (χ1v) is 6.29. The molecule has 1 saturated carbocycles. The second kappa shape index (κ2) is 3.22. The van der Waals surface area contributed by atoms with Crippen LogP contribution in [0.25, 0.3) is 0 Å². The molecule has 1 aliphatic heterocycles. The molecule has 2 unspecified atom stereocenters. The van der Waals surface area contributed by atoms with Crippen LogP contribution in [0.15, 0.2) is 22.7 Å². The van der Waals surface area contributed by atoms with Gasteiger partial charge in [0.2, 0.25) is 0 Å². The zero-order chi connectivity index (χ0) is 10.5. The normalized spacial score (nSPS) is 32.3. The third kappa shape index (κ3) is 1.33. The molecule has 2 aliphatic rings. The average Bonchev–Trinajstić information content (AvgIpc) is 2.94. The molecule has 0 amide bonds. The van der Waals surface area contributed by atoms with E-state index in [0.717, 1.165) is 13.1 Å². The molecule has 3 N–H and O–H groups in total. The third-order valence-corrected chi connectivity index (χ3v) is 4.41. The van der Waals surface area contributed by atoms with Crippen LogP contribution >= 0.6 is 15.9 Å². The van der Waals surface area contributed by atoms with Crippen molar-refractivity contribution in [3.63, 3.8) is 0 Å². The summed E-state index contributed by atoms with van der Waals surface area (Å²) in [6.07, 6.45) is 2.51. The lowest BCUT2D eigenvalue weighted by Crippen LogP contribution is -2.25. The van der Waals surface area contributed by atoms with Crippen molar-refractivity contribution in [3.8, 4) is 0 Å². The number of nitrogens with one attached hydrogen (secondary N) is 1. The van der Waals surface area contributed by atoms with Gasteiger partial charge in [-0.3, -0.25) is 0 Å². The summed E-state index contributed by atoms with van der Waals surface area (Å²) in [4.78, 5) is 0. The fraction of sp³-hybridized carbons (Fsp3) is 0.500. The van der Waals surface area contributed by atoms with Gasteiger partial charge in [0.1, 0.15) is 0 Å². The Morgan fingerprint density at radius 3 is 3.13 bits per heavy atom. The van der Waals surface area contributed by atoms with Gasteiger partial charge in [-0.05, 0) is 49.1 Å². The molecule has 3 rings (SSSR count). The first-order chi connectivity index (χ1) is 7.26. The Kier molecular flexibility index (Phi) is 2.08. The maximum absolute atomic E-state index is 5.80. The standard InChI is InChI=1S/C12H15BrN2/c13-9-1-2-11-10(5-9)12(3-4-15-11)6-8(12)7-14/h1-2,5,8,15H,3-4,6-7,14H2. The Morgan fingerprint density at radius 2 is 2.40 bits per heavy atom. The number of fused-ring (bicyclic) bond motifs is 2. The molecule has 2 atom stereocenters. The van der Waals surface area contributed by atoms with Gasteiger partial charge in [0, 0.05) is 22.1 Å². The van der Waals surface area contributed by atoms with Gasteiger partial charge in [-0.25, -0.2) is 0 Å². The first kappa shape index (κ1) is 9.67. The van der Waals surface area contributed by atoms with Crippen molar-refractivity contribution in [1.82, 2.24) is 0 Å². The lowest BCUT2D eigenvalue weighted by atomic mass is 9.86. The van der Waals surface area contributed by atoms with Crippen molar-refractivity contribution in [1.29, 1.82) is 0 Å². The molecule has 1 aromatic rings. The second-order valence-electron chi connectivity index (χ2n) is 4.66. The smallest absolute Gasteiger partial charge is 0.0379 e. The van der Waals surface area contributed by atoms with Crippen LogP contribution in [0.5, 0.6) is 0 Å². The minimum Gasteiger partial charge on any atom is -0.385 e. The fourth-order valence-corrected chi connectivity index (χ4v) is 3.32. The molecule has 1 spiro atoms. The van der Waals surface area contributed by atoms with E-state index in [9.17, 15) is 0 Å². The minimum atomic E-state index is 0.402. The number of anilines is 1. The van der Waals surface area contributed by atoms with E-state index in [-0.39, 0.29) is 0 Å². The van der Waals surface area contributed by atoms with Crippen molar-refractivity contribution in [2.24, 2.45) is 11.7 Å². The van der Waals surface area contributed by atoms with Gasteiger partial charge in [0.05, 0.1) is 0 Å². The Balaban J connectivity index is 2.07. The van der Waals surface area contributed by atoms with E-state index in [0.29, 0.717) is 11.3 Å².